The Hall–Kier alpha value is -0.340. The van der Waals surface area contributed by atoms with E-state index in [1.54, 1.807) is 0 Å². The molecule has 0 radical (unpaired) electrons. The molecule has 1 heterocycles. The molecule has 1 nitrogen and oxygen atoms in total. The molecule has 1 unspecified atom stereocenters. The Morgan fingerprint density at radius 1 is 1.50 bits per heavy atom. The van der Waals surface area contributed by atoms with Crippen LogP contribution < -0.4 is 5.73 Å². The topological polar surface area (TPSA) is 26.0 Å². The normalized spacial score (nSPS) is 13.2. The zero-order chi connectivity index (χ0) is 8.97. The maximum Gasteiger partial charge on any atom is 0.00486 e. The Morgan fingerprint density at radius 2 is 2.25 bits per heavy atom. The molecule has 0 aliphatic carbocycles. The van der Waals surface area contributed by atoms with Crippen molar-refractivity contribution in [1.29, 1.82) is 0 Å². The first-order valence-corrected chi connectivity index (χ1v) is 5.35. The number of hydrogen-bond donors (Lipinski definition) is 1. The van der Waals surface area contributed by atoms with Gasteiger partial charge in [0.1, 0.15) is 0 Å². The second kappa shape index (κ2) is 4.63. The highest BCUT2D eigenvalue weighted by atomic mass is 32.1. The van der Waals surface area contributed by atoms with E-state index in [0.717, 1.165) is 19.3 Å². The molecule has 0 amide bonds. The van der Waals surface area contributed by atoms with E-state index in [2.05, 4.69) is 26.0 Å². The predicted octanol–water partition coefficient (Wildman–Crippen LogP) is 2.73. The summed E-state index contributed by atoms with van der Waals surface area (Å²) < 4.78 is 0. The van der Waals surface area contributed by atoms with Gasteiger partial charge in [-0.05, 0) is 38.3 Å². The summed E-state index contributed by atoms with van der Waals surface area (Å²) >= 11 is 1.88. The van der Waals surface area contributed by atoms with Crippen LogP contribution in [-0.4, -0.2) is 6.04 Å². The van der Waals surface area contributed by atoms with Crippen LogP contribution in [0.2, 0.25) is 0 Å². The highest BCUT2D eigenvalue weighted by molar-refractivity contribution is 7.11. The molecule has 0 aromatic carbocycles. The van der Waals surface area contributed by atoms with Crippen LogP contribution in [0.5, 0.6) is 0 Å². The van der Waals surface area contributed by atoms with Gasteiger partial charge in [-0.2, -0.15) is 0 Å². The monoisotopic (exact) mass is 183 g/mol. The molecular weight excluding hydrogens is 166 g/mol. The van der Waals surface area contributed by atoms with Crippen molar-refractivity contribution < 1.29 is 0 Å². The van der Waals surface area contributed by atoms with E-state index in [1.165, 1.54) is 9.75 Å². The summed E-state index contributed by atoms with van der Waals surface area (Å²) in [6.45, 7) is 4.29. The van der Waals surface area contributed by atoms with Gasteiger partial charge in [-0.25, -0.2) is 0 Å². The van der Waals surface area contributed by atoms with Crippen LogP contribution in [0.4, 0.5) is 0 Å². The first-order chi connectivity index (χ1) is 5.72. The number of hydrogen-bond acceptors (Lipinski definition) is 2. The minimum Gasteiger partial charge on any atom is -0.328 e. The standard InChI is InChI=1S/C10H17NS/c1-3-9(11)5-7-10-6-4-8(2)12-10/h4,6,9H,3,5,7,11H2,1-2H3. The van der Waals surface area contributed by atoms with Gasteiger partial charge in [-0.3, -0.25) is 0 Å². The van der Waals surface area contributed by atoms with Crippen LogP contribution in [-0.2, 0) is 6.42 Å². The number of aryl methyl sites for hydroxylation is 2. The Labute approximate surface area is 78.6 Å². The lowest BCUT2D eigenvalue weighted by molar-refractivity contribution is 0.599. The molecule has 68 valence electrons. The van der Waals surface area contributed by atoms with Gasteiger partial charge in [0.2, 0.25) is 0 Å². The Balaban J connectivity index is 2.33. The SMILES string of the molecule is CCC(N)CCc1ccc(C)s1. The summed E-state index contributed by atoms with van der Waals surface area (Å²) in [4.78, 5) is 2.87. The van der Waals surface area contributed by atoms with Gasteiger partial charge in [-0.1, -0.05) is 6.92 Å². The summed E-state index contributed by atoms with van der Waals surface area (Å²) in [6.07, 6.45) is 3.36. The lowest BCUT2D eigenvalue weighted by Gasteiger charge is -2.05. The molecule has 12 heavy (non-hydrogen) atoms. The van der Waals surface area contributed by atoms with Crippen LogP contribution in [0.1, 0.15) is 29.5 Å². The molecule has 2 N–H and O–H groups in total. The molecule has 0 bridgehead atoms. The molecule has 0 aliphatic heterocycles. The zero-order valence-electron chi connectivity index (χ0n) is 7.84. The van der Waals surface area contributed by atoms with Crippen molar-refractivity contribution >= 4 is 11.3 Å². The van der Waals surface area contributed by atoms with E-state index < -0.39 is 0 Å². The average molecular weight is 183 g/mol. The van der Waals surface area contributed by atoms with Gasteiger partial charge in [0.05, 0.1) is 0 Å². The molecule has 0 aliphatic rings. The van der Waals surface area contributed by atoms with Gasteiger partial charge in [0.15, 0.2) is 0 Å². The molecule has 1 atom stereocenters. The quantitative estimate of drug-likeness (QED) is 0.763. The Bertz CT molecular complexity index is 229. The predicted molar refractivity (Wildman–Crippen MR) is 55.6 cm³/mol. The van der Waals surface area contributed by atoms with Gasteiger partial charge in [0, 0.05) is 15.8 Å². The minimum absolute atomic E-state index is 0.382. The van der Waals surface area contributed by atoms with Gasteiger partial charge in [-0.15, -0.1) is 11.3 Å². The van der Waals surface area contributed by atoms with E-state index >= 15 is 0 Å². The molecule has 0 spiro atoms. The lowest BCUT2D eigenvalue weighted by Crippen LogP contribution is -2.18. The third kappa shape index (κ3) is 2.95. The third-order valence-electron chi connectivity index (χ3n) is 2.08. The van der Waals surface area contributed by atoms with Crippen LogP contribution in [0.25, 0.3) is 0 Å². The molecule has 0 saturated carbocycles. The molecule has 1 rings (SSSR count). The van der Waals surface area contributed by atoms with Crippen molar-refractivity contribution in [1.82, 2.24) is 0 Å². The molecule has 2 heteroatoms. The summed E-state index contributed by atoms with van der Waals surface area (Å²) in [6, 6.07) is 4.77. The van der Waals surface area contributed by atoms with Crippen molar-refractivity contribution in [3.63, 3.8) is 0 Å². The van der Waals surface area contributed by atoms with Gasteiger partial charge < -0.3 is 5.73 Å². The van der Waals surface area contributed by atoms with Crippen molar-refractivity contribution in [2.45, 2.75) is 39.2 Å². The van der Waals surface area contributed by atoms with E-state index in [1.807, 2.05) is 11.3 Å². The zero-order valence-corrected chi connectivity index (χ0v) is 8.66. The van der Waals surface area contributed by atoms with Crippen LogP contribution >= 0.6 is 11.3 Å². The first-order valence-electron chi connectivity index (χ1n) is 4.53. The number of rotatable bonds is 4. The van der Waals surface area contributed by atoms with Crippen LogP contribution in [0, 0.1) is 6.92 Å². The average Bonchev–Trinajstić information content (AvgIpc) is 2.47. The highest BCUT2D eigenvalue weighted by Gasteiger charge is 2.01. The summed E-state index contributed by atoms with van der Waals surface area (Å²) in [5.74, 6) is 0. The first kappa shape index (κ1) is 9.75. The maximum absolute atomic E-state index is 5.83. The lowest BCUT2D eigenvalue weighted by atomic mass is 10.1. The number of nitrogens with two attached hydrogens (primary N) is 1. The highest BCUT2D eigenvalue weighted by Crippen LogP contribution is 2.17. The second-order valence-electron chi connectivity index (χ2n) is 3.22. The molecule has 1 aromatic rings. The minimum atomic E-state index is 0.382. The van der Waals surface area contributed by atoms with Crippen molar-refractivity contribution in [2.75, 3.05) is 0 Å². The smallest absolute Gasteiger partial charge is 0.00486 e. The Morgan fingerprint density at radius 3 is 2.75 bits per heavy atom. The van der Waals surface area contributed by atoms with E-state index in [4.69, 9.17) is 5.73 Å². The van der Waals surface area contributed by atoms with Crippen molar-refractivity contribution in [3.8, 4) is 0 Å². The Kier molecular flexibility index (Phi) is 3.76. The van der Waals surface area contributed by atoms with Gasteiger partial charge >= 0.3 is 0 Å². The van der Waals surface area contributed by atoms with Crippen molar-refractivity contribution in [2.24, 2.45) is 5.73 Å². The summed E-state index contributed by atoms with van der Waals surface area (Å²) in [5, 5.41) is 0. The largest absolute Gasteiger partial charge is 0.328 e. The maximum atomic E-state index is 5.83. The molecular formula is C10H17NS. The van der Waals surface area contributed by atoms with Crippen LogP contribution in [0.15, 0.2) is 12.1 Å². The summed E-state index contributed by atoms with van der Waals surface area (Å²) in [5.41, 5.74) is 5.83. The fourth-order valence-electron chi connectivity index (χ4n) is 1.15. The molecule has 1 aromatic heterocycles. The van der Waals surface area contributed by atoms with Crippen molar-refractivity contribution in [3.05, 3.63) is 21.9 Å². The van der Waals surface area contributed by atoms with E-state index in [0.29, 0.717) is 6.04 Å². The van der Waals surface area contributed by atoms with Crippen LogP contribution in [0.3, 0.4) is 0 Å². The third-order valence-corrected chi connectivity index (χ3v) is 3.14. The van der Waals surface area contributed by atoms with E-state index in [9.17, 15) is 0 Å². The fraction of sp³-hybridized carbons (Fsp3) is 0.600. The number of thiophene rings is 1. The molecule has 0 fully saturated rings. The second-order valence-corrected chi connectivity index (χ2v) is 4.59. The van der Waals surface area contributed by atoms with Gasteiger partial charge in [0.25, 0.3) is 0 Å². The molecule has 0 saturated heterocycles. The fourth-order valence-corrected chi connectivity index (χ4v) is 2.06. The summed E-state index contributed by atoms with van der Waals surface area (Å²) in [7, 11) is 0. The van der Waals surface area contributed by atoms with E-state index in [-0.39, 0.29) is 0 Å².